The first-order valence-corrected chi connectivity index (χ1v) is 13.5. The Labute approximate surface area is 217 Å². The first-order chi connectivity index (χ1) is 17.1. The van der Waals surface area contributed by atoms with Crippen molar-refractivity contribution >= 4 is 44.8 Å². The van der Waals surface area contributed by atoms with Crippen molar-refractivity contribution in [3.05, 3.63) is 88.4 Å². The van der Waals surface area contributed by atoms with Crippen LogP contribution < -0.4 is 14.9 Å². The summed E-state index contributed by atoms with van der Waals surface area (Å²) in [6, 6.07) is 17.9. The second kappa shape index (κ2) is 12.1. The number of unbranched alkanes of at least 4 members (excludes halogenated alkanes) is 1. The molecule has 0 bridgehead atoms. The van der Waals surface area contributed by atoms with Crippen LogP contribution in [-0.4, -0.2) is 33.3 Å². The van der Waals surface area contributed by atoms with Crippen LogP contribution in [0.5, 0.6) is 0 Å². The minimum absolute atomic E-state index is 0.0518. The summed E-state index contributed by atoms with van der Waals surface area (Å²) in [6.45, 7) is 5.59. The minimum Gasteiger partial charge on any atom is -0.352 e. The molecule has 0 heterocycles. The summed E-state index contributed by atoms with van der Waals surface area (Å²) in [6.07, 6.45) is 1.78. The predicted octanol–water partition coefficient (Wildman–Crippen LogP) is 5.32. The third-order valence-electron chi connectivity index (χ3n) is 5.67. The summed E-state index contributed by atoms with van der Waals surface area (Å²) in [5.74, 6) is -0.909. The summed E-state index contributed by atoms with van der Waals surface area (Å²) < 4.78 is 28.4. The molecule has 2 N–H and O–H groups in total. The van der Waals surface area contributed by atoms with Crippen LogP contribution in [0.1, 0.15) is 41.3 Å². The van der Waals surface area contributed by atoms with E-state index in [9.17, 15) is 18.0 Å². The van der Waals surface area contributed by atoms with Crippen molar-refractivity contribution in [2.45, 2.75) is 38.5 Å². The number of carbonyl (C=O) groups excluding carboxylic acids is 2. The van der Waals surface area contributed by atoms with Crippen LogP contribution >= 0.6 is 11.6 Å². The number of hydrogen-bond acceptors (Lipinski definition) is 4. The number of benzene rings is 3. The molecule has 0 atom stereocenters. The van der Waals surface area contributed by atoms with Gasteiger partial charge in [-0.2, -0.15) is 0 Å². The van der Waals surface area contributed by atoms with E-state index in [1.807, 2.05) is 13.8 Å². The van der Waals surface area contributed by atoms with Crippen molar-refractivity contribution < 1.29 is 18.0 Å². The monoisotopic (exact) mass is 527 g/mol. The fourth-order valence-corrected chi connectivity index (χ4v) is 5.24. The number of rotatable bonds is 10. The van der Waals surface area contributed by atoms with Gasteiger partial charge in [-0.3, -0.25) is 13.9 Å². The van der Waals surface area contributed by atoms with Gasteiger partial charge in [0.15, 0.2) is 0 Å². The number of anilines is 2. The normalized spacial score (nSPS) is 11.1. The Morgan fingerprint density at radius 2 is 1.64 bits per heavy atom. The molecule has 0 aliphatic heterocycles. The maximum absolute atomic E-state index is 13.7. The number of hydrogen-bond donors (Lipinski definition) is 2. The third kappa shape index (κ3) is 6.44. The van der Waals surface area contributed by atoms with Crippen LogP contribution in [0, 0.1) is 13.8 Å². The van der Waals surface area contributed by atoms with E-state index in [2.05, 4.69) is 10.6 Å². The molecule has 3 aromatic carbocycles. The molecule has 0 spiro atoms. The van der Waals surface area contributed by atoms with E-state index in [-0.39, 0.29) is 10.8 Å². The average Bonchev–Trinajstić information content (AvgIpc) is 2.85. The van der Waals surface area contributed by atoms with Gasteiger partial charge >= 0.3 is 0 Å². The van der Waals surface area contributed by atoms with Crippen molar-refractivity contribution in [1.29, 1.82) is 0 Å². The Kier molecular flexibility index (Phi) is 9.12. The molecular formula is C27H30ClN3O4S. The van der Waals surface area contributed by atoms with Crippen molar-refractivity contribution in [3.63, 3.8) is 0 Å². The van der Waals surface area contributed by atoms with Gasteiger partial charge < -0.3 is 10.6 Å². The van der Waals surface area contributed by atoms with Gasteiger partial charge in [0.1, 0.15) is 6.54 Å². The van der Waals surface area contributed by atoms with Gasteiger partial charge in [0.05, 0.1) is 21.8 Å². The maximum Gasteiger partial charge on any atom is 0.264 e. The van der Waals surface area contributed by atoms with E-state index < -0.39 is 22.5 Å². The van der Waals surface area contributed by atoms with Gasteiger partial charge in [0.2, 0.25) is 5.91 Å². The molecule has 0 aliphatic rings. The molecule has 0 aliphatic carbocycles. The quantitative estimate of drug-likeness (QED) is 0.349. The molecule has 36 heavy (non-hydrogen) atoms. The van der Waals surface area contributed by atoms with Gasteiger partial charge in [-0.15, -0.1) is 0 Å². The molecule has 9 heteroatoms. The first-order valence-electron chi connectivity index (χ1n) is 11.7. The first kappa shape index (κ1) is 27.2. The molecule has 7 nitrogen and oxygen atoms in total. The fourth-order valence-electron chi connectivity index (χ4n) is 3.59. The van der Waals surface area contributed by atoms with Crippen LogP contribution in [0.25, 0.3) is 0 Å². The largest absolute Gasteiger partial charge is 0.352 e. The highest BCUT2D eigenvalue weighted by Crippen LogP contribution is 2.31. The third-order valence-corrected chi connectivity index (χ3v) is 7.85. The molecule has 0 aromatic heterocycles. The Morgan fingerprint density at radius 3 is 2.33 bits per heavy atom. The molecule has 3 aromatic rings. The molecular weight excluding hydrogens is 498 g/mol. The number of amides is 2. The zero-order chi connectivity index (χ0) is 26.3. The lowest BCUT2D eigenvalue weighted by molar-refractivity contribution is -0.114. The van der Waals surface area contributed by atoms with Crippen molar-refractivity contribution in [3.8, 4) is 0 Å². The molecule has 2 amide bonds. The number of aryl methyl sites for hydroxylation is 1. The summed E-state index contributed by atoms with van der Waals surface area (Å²) in [4.78, 5) is 25.9. The lowest BCUT2D eigenvalue weighted by Gasteiger charge is -2.26. The van der Waals surface area contributed by atoms with E-state index in [0.717, 1.165) is 22.7 Å². The average molecular weight is 528 g/mol. The van der Waals surface area contributed by atoms with E-state index in [1.165, 1.54) is 12.1 Å². The van der Waals surface area contributed by atoms with Gasteiger partial charge in [0, 0.05) is 11.6 Å². The molecule has 0 radical (unpaired) electrons. The molecule has 0 unspecified atom stereocenters. The smallest absolute Gasteiger partial charge is 0.264 e. The number of para-hydroxylation sites is 1. The standard InChI is InChI=1S/C27H30ClN3O4S/c1-4-5-17-29-27(33)22-9-6-7-11-24(22)30-26(32)18-31(25-12-8-10-23(28)20(25)3)36(34,35)21-15-13-19(2)14-16-21/h6-16H,4-5,17-18H2,1-3H3,(H,29,33)(H,30,32). The Morgan fingerprint density at radius 1 is 0.944 bits per heavy atom. The van der Waals surface area contributed by atoms with Gasteiger partial charge in [-0.05, 0) is 62.2 Å². The summed E-state index contributed by atoms with van der Waals surface area (Å²) >= 11 is 6.28. The van der Waals surface area contributed by atoms with Crippen LogP contribution in [0.2, 0.25) is 5.02 Å². The van der Waals surface area contributed by atoms with Crippen LogP contribution in [-0.2, 0) is 14.8 Å². The van der Waals surface area contributed by atoms with Crippen molar-refractivity contribution in [2.75, 3.05) is 22.7 Å². The molecule has 0 fully saturated rings. The summed E-state index contributed by atoms with van der Waals surface area (Å²) in [5.41, 5.74) is 2.33. The SMILES string of the molecule is CCCCNC(=O)c1ccccc1NC(=O)CN(c1cccc(Cl)c1C)S(=O)(=O)c1ccc(C)cc1. The minimum atomic E-state index is -4.10. The highest BCUT2D eigenvalue weighted by atomic mass is 35.5. The maximum atomic E-state index is 13.7. The Bertz CT molecular complexity index is 1340. The molecule has 190 valence electrons. The molecule has 0 saturated carbocycles. The zero-order valence-electron chi connectivity index (χ0n) is 20.5. The lowest BCUT2D eigenvalue weighted by atomic mass is 10.1. The second-order valence-corrected chi connectivity index (χ2v) is 10.7. The van der Waals surface area contributed by atoms with Crippen molar-refractivity contribution in [1.82, 2.24) is 5.32 Å². The number of nitrogens with zero attached hydrogens (tertiary/aromatic N) is 1. The van der Waals surface area contributed by atoms with E-state index in [0.29, 0.717) is 34.1 Å². The Balaban J connectivity index is 1.93. The summed E-state index contributed by atoms with van der Waals surface area (Å²) in [7, 11) is -4.10. The number of nitrogens with one attached hydrogen (secondary N) is 2. The van der Waals surface area contributed by atoms with Crippen LogP contribution in [0.15, 0.2) is 71.6 Å². The number of carbonyl (C=O) groups is 2. The predicted molar refractivity (Wildman–Crippen MR) is 144 cm³/mol. The zero-order valence-corrected chi connectivity index (χ0v) is 22.1. The van der Waals surface area contributed by atoms with E-state index >= 15 is 0 Å². The Hall–Kier alpha value is -3.36. The van der Waals surface area contributed by atoms with Gasteiger partial charge in [0.25, 0.3) is 15.9 Å². The number of sulfonamides is 1. The lowest BCUT2D eigenvalue weighted by Crippen LogP contribution is -2.39. The molecule has 0 saturated heterocycles. The fraction of sp³-hybridized carbons (Fsp3) is 0.259. The van der Waals surface area contributed by atoms with E-state index in [1.54, 1.807) is 61.5 Å². The van der Waals surface area contributed by atoms with Crippen LogP contribution in [0.3, 0.4) is 0 Å². The topological polar surface area (TPSA) is 95.6 Å². The summed E-state index contributed by atoms with van der Waals surface area (Å²) in [5, 5.41) is 5.92. The molecule has 3 rings (SSSR count). The highest BCUT2D eigenvalue weighted by molar-refractivity contribution is 7.92. The number of halogens is 1. The van der Waals surface area contributed by atoms with Gasteiger partial charge in [-0.25, -0.2) is 8.42 Å². The highest BCUT2D eigenvalue weighted by Gasteiger charge is 2.29. The van der Waals surface area contributed by atoms with Crippen molar-refractivity contribution in [2.24, 2.45) is 0 Å². The van der Waals surface area contributed by atoms with Crippen LogP contribution in [0.4, 0.5) is 11.4 Å². The van der Waals surface area contributed by atoms with E-state index in [4.69, 9.17) is 11.6 Å². The van der Waals surface area contributed by atoms with Gasteiger partial charge in [-0.1, -0.05) is 60.8 Å². The second-order valence-electron chi connectivity index (χ2n) is 8.41.